The van der Waals surface area contributed by atoms with Crippen LogP contribution in [0.4, 0.5) is 0 Å². The second-order valence-corrected chi connectivity index (χ2v) is 7.24. The molecule has 2 fully saturated rings. The van der Waals surface area contributed by atoms with Crippen LogP contribution in [-0.4, -0.2) is 59.6 Å². The molecular weight excluding hydrogens is 314 g/mol. The van der Waals surface area contributed by atoms with E-state index in [-0.39, 0.29) is 23.9 Å². The molecule has 1 saturated heterocycles. The standard InChI is InChI=1S/C16H23N3O3S/c20-14(6-3-11-2-1-9-23-11)18-12-4-5-13(16(12)22)19-8-7-17-15(21)10-19/h1-2,9,12-13,16,22H,3-8,10H2,(H,17,21)(H,18,20)/t12-,13-,16-/m1/s1. The molecule has 0 unspecified atom stereocenters. The molecule has 0 bridgehead atoms. The van der Waals surface area contributed by atoms with Gasteiger partial charge in [-0.15, -0.1) is 11.3 Å². The fraction of sp³-hybridized carbons (Fsp3) is 0.625. The lowest BCUT2D eigenvalue weighted by molar-refractivity contribution is -0.126. The quantitative estimate of drug-likeness (QED) is 0.713. The minimum absolute atomic E-state index is 0.00637. The molecule has 0 radical (unpaired) electrons. The Bertz CT molecular complexity index is 549. The Balaban J connectivity index is 1.47. The summed E-state index contributed by atoms with van der Waals surface area (Å²) in [5.74, 6) is -0.00799. The predicted molar refractivity (Wildman–Crippen MR) is 88.2 cm³/mol. The Labute approximate surface area is 139 Å². The molecule has 6 nitrogen and oxygen atoms in total. The average Bonchev–Trinajstić information content (AvgIpc) is 3.16. The van der Waals surface area contributed by atoms with Gasteiger partial charge < -0.3 is 15.7 Å². The van der Waals surface area contributed by atoms with Crippen LogP contribution in [0.15, 0.2) is 17.5 Å². The molecule has 3 rings (SSSR count). The van der Waals surface area contributed by atoms with E-state index in [4.69, 9.17) is 0 Å². The first-order valence-corrected chi connectivity index (χ1v) is 9.02. The fourth-order valence-corrected chi connectivity index (χ4v) is 4.14. The maximum Gasteiger partial charge on any atom is 0.234 e. The largest absolute Gasteiger partial charge is 0.389 e. The smallest absolute Gasteiger partial charge is 0.234 e. The molecule has 1 aliphatic carbocycles. The zero-order valence-electron chi connectivity index (χ0n) is 13.0. The first-order chi connectivity index (χ1) is 11.1. The summed E-state index contributed by atoms with van der Waals surface area (Å²) in [6.45, 7) is 1.72. The molecule has 2 heterocycles. The number of carbonyl (C=O) groups excluding carboxylic acids is 2. The third-order valence-corrected chi connectivity index (χ3v) is 5.58. The Morgan fingerprint density at radius 3 is 3.09 bits per heavy atom. The molecule has 1 saturated carbocycles. The molecule has 0 spiro atoms. The van der Waals surface area contributed by atoms with Crippen LogP contribution in [0.2, 0.25) is 0 Å². The molecule has 7 heteroatoms. The van der Waals surface area contributed by atoms with Crippen LogP contribution in [0.3, 0.4) is 0 Å². The van der Waals surface area contributed by atoms with Crippen LogP contribution in [0.25, 0.3) is 0 Å². The van der Waals surface area contributed by atoms with Crippen molar-refractivity contribution in [3.63, 3.8) is 0 Å². The summed E-state index contributed by atoms with van der Waals surface area (Å²) < 4.78 is 0. The van der Waals surface area contributed by atoms with Crippen molar-refractivity contribution < 1.29 is 14.7 Å². The van der Waals surface area contributed by atoms with Gasteiger partial charge in [-0.1, -0.05) is 6.07 Å². The van der Waals surface area contributed by atoms with E-state index in [0.717, 1.165) is 25.8 Å². The van der Waals surface area contributed by atoms with Crippen molar-refractivity contribution in [2.75, 3.05) is 19.6 Å². The summed E-state index contributed by atoms with van der Waals surface area (Å²) in [6.07, 6.45) is 2.15. The maximum absolute atomic E-state index is 12.1. The van der Waals surface area contributed by atoms with E-state index in [9.17, 15) is 14.7 Å². The van der Waals surface area contributed by atoms with E-state index in [1.807, 2.05) is 22.4 Å². The van der Waals surface area contributed by atoms with Crippen LogP contribution >= 0.6 is 11.3 Å². The normalized spacial score (nSPS) is 28.6. The Morgan fingerprint density at radius 1 is 1.48 bits per heavy atom. The Hall–Kier alpha value is -1.44. The fourth-order valence-electron chi connectivity index (χ4n) is 3.43. The van der Waals surface area contributed by atoms with E-state index in [2.05, 4.69) is 10.6 Å². The number of amides is 2. The number of carbonyl (C=O) groups is 2. The predicted octanol–water partition coefficient (Wildman–Crippen LogP) is 0.121. The van der Waals surface area contributed by atoms with E-state index < -0.39 is 6.10 Å². The number of piperazine rings is 1. The molecule has 3 N–H and O–H groups in total. The summed E-state index contributed by atoms with van der Waals surface area (Å²) in [6, 6.07) is 3.77. The number of hydrogen-bond acceptors (Lipinski definition) is 5. The molecule has 3 atom stereocenters. The van der Waals surface area contributed by atoms with Gasteiger partial charge in [-0.25, -0.2) is 0 Å². The van der Waals surface area contributed by atoms with Gasteiger partial charge in [-0.3, -0.25) is 14.5 Å². The third kappa shape index (κ3) is 4.10. The average molecular weight is 337 g/mol. The summed E-state index contributed by atoms with van der Waals surface area (Å²) >= 11 is 1.65. The van der Waals surface area contributed by atoms with Gasteiger partial charge in [-0.05, 0) is 30.7 Å². The van der Waals surface area contributed by atoms with Crippen LogP contribution in [0, 0.1) is 0 Å². The summed E-state index contributed by atoms with van der Waals surface area (Å²) in [5.41, 5.74) is 0. The summed E-state index contributed by atoms with van der Waals surface area (Å²) in [5, 5.41) is 18.3. The minimum Gasteiger partial charge on any atom is -0.389 e. The van der Waals surface area contributed by atoms with Crippen LogP contribution in [-0.2, 0) is 16.0 Å². The Kier molecular flexibility index (Phi) is 5.30. The van der Waals surface area contributed by atoms with Gasteiger partial charge in [0.2, 0.25) is 11.8 Å². The van der Waals surface area contributed by atoms with E-state index >= 15 is 0 Å². The molecule has 1 aliphatic heterocycles. The van der Waals surface area contributed by atoms with Gasteiger partial charge >= 0.3 is 0 Å². The molecule has 23 heavy (non-hydrogen) atoms. The maximum atomic E-state index is 12.1. The lowest BCUT2D eigenvalue weighted by Crippen LogP contribution is -2.55. The van der Waals surface area contributed by atoms with Crippen LogP contribution in [0.1, 0.15) is 24.1 Å². The lowest BCUT2D eigenvalue weighted by atomic mass is 10.1. The SMILES string of the molecule is O=C1CN([C@@H]2CC[C@@H](NC(=O)CCc3cccs3)[C@H]2O)CCN1. The molecule has 1 aromatic rings. The number of nitrogens with one attached hydrogen (secondary N) is 2. The first kappa shape index (κ1) is 16.4. The van der Waals surface area contributed by atoms with Crippen molar-refractivity contribution in [3.8, 4) is 0 Å². The van der Waals surface area contributed by atoms with Crippen molar-refractivity contribution in [3.05, 3.63) is 22.4 Å². The van der Waals surface area contributed by atoms with Gasteiger partial charge in [0.1, 0.15) is 0 Å². The topological polar surface area (TPSA) is 81.7 Å². The van der Waals surface area contributed by atoms with Gasteiger partial charge in [0, 0.05) is 30.4 Å². The van der Waals surface area contributed by atoms with Gasteiger partial charge in [-0.2, -0.15) is 0 Å². The van der Waals surface area contributed by atoms with E-state index in [1.54, 1.807) is 11.3 Å². The highest BCUT2D eigenvalue weighted by atomic mass is 32.1. The first-order valence-electron chi connectivity index (χ1n) is 8.14. The second-order valence-electron chi connectivity index (χ2n) is 6.21. The van der Waals surface area contributed by atoms with E-state index in [1.165, 1.54) is 4.88 Å². The van der Waals surface area contributed by atoms with Crippen molar-refractivity contribution in [1.29, 1.82) is 0 Å². The van der Waals surface area contributed by atoms with Crippen LogP contribution < -0.4 is 10.6 Å². The second kappa shape index (κ2) is 7.42. The zero-order valence-corrected chi connectivity index (χ0v) is 13.8. The zero-order chi connectivity index (χ0) is 16.2. The number of rotatable bonds is 5. The number of hydrogen-bond donors (Lipinski definition) is 3. The third-order valence-electron chi connectivity index (χ3n) is 4.64. The van der Waals surface area contributed by atoms with Crippen molar-refractivity contribution >= 4 is 23.2 Å². The number of aliphatic hydroxyl groups is 1. The number of nitrogens with zero attached hydrogens (tertiary/aromatic N) is 1. The lowest BCUT2D eigenvalue weighted by Gasteiger charge is -2.34. The molecular formula is C16H23N3O3S. The van der Waals surface area contributed by atoms with Crippen molar-refractivity contribution in [2.45, 2.75) is 43.9 Å². The highest BCUT2D eigenvalue weighted by Crippen LogP contribution is 2.25. The van der Waals surface area contributed by atoms with E-state index in [0.29, 0.717) is 19.5 Å². The molecule has 2 aliphatic rings. The monoisotopic (exact) mass is 337 g/mol. The number of aliphatic hydroxyl groups excluding tert-OH is 1. The van der Waals surface area contributed by atoms with Crippen molar-refractivity contribution in [1.82, 2.24) is 15.5 Å². The molecule has 0 aromatic carbocycles. The highest BCUT2D eigenvalue weighted by Gasteiger charge is 2.40. The summed E-state index contributed by atoms with van der Waals surface area (Å²) in [4.78, 5) is 26.8. The van der Waals surface area contributed by atoms with Gasteiger partial charge in [0.05, 0.1) is 18.7 Å². The molecule has 1 aromatic heterocycles. The minimum atomic E-state index is -0.605. The Morgan fingerprint density at radius 2 is 2.35 bits per heavy atom. The van der Waals surface area contributed by atoms with Gasteiger partial charge in [0.15, 0.2) is 0 Å². The number of aryl methyl sites for hydroxylation is 1. The van der Waals surface area contributed by atoms with Crippen molar-refractivity contribution in [2.24, 2.45) is 0 Å². The highest BCUT2D eigenvalue weighted by molar-refractivity contribution is 7.09. The molecule has 2 amide bonds. The van der Waals surface area contributed by atoms with Crippen LogP contribution in [0.5, 0.6) is 0 Å². The molecule has 126 valence electrons. The number of thiophene rings is 1. The van der Waals surface area contributed by atoms with Gasteiger partial charge in [0.25, 0.3) is 0 Å². The summed E-state index contributed by atoms with van der Waals surface area (Å²) in [7, 11) is 0.